The van der Waals surface area contributed by atoms with Gasteiger partial charge in [0.05, 0.1) is 24.4 Å². The molecule has 0 aliphatic carbocycles. The number of aromatic nitrogens is 2. The molecule has 1 aromatic carbocycles. The highest BCUT2D eigenvalue weighted by atomic mass is 32.2. The normalized spacial score (nSPS) is 13.5. The number of nitriles is 1. The number of amides is 2. The van der Waals surface area contributed by atoms with Crippen molar-refractivity contribution < 1.29 is 17.9 Å². The molecule has 3 rings (SSSR count). The molecule has 2 amide bonds. The van der Waals surface area contributed by atoms with E-state index in [-0.39, 0.29) is 22.6 Å². The van der Waals surface area contributed by atoms with Gasteiger partial charge in [0.15, 0.2) is 4.90 Å². The molecule has 2 heterocycles. The van der Waals surface area contributed by atoms with Gasteiger partial charge in [0.2, 0.25) is 5.88 Å². The van der Waals surface area contributed by atoms with E-state index < -0.39 is 16.1 Å². The Morgan fingerprint density at radius 2 is 1.87 bits per heavy atom. The van der Waals surface area contributed by atoms with Gasteiger partial charge in [-0.2, -0.15) is 10.4 Å². The van der Waals surface area contributed by atoms with E-state index in [1.54, 1.807) is 12.1 Å². The third kappa shape index (κ3) is 4.26. The van der Waals surface area contributed by atoms with Crippen molar-refractivity contribution in [3.05, 3.63) is 35.0 Å². The number of ether oxygens (including phenoxy) is 1. The number of aryl methyl sites for hydroxylation is 1. The van der Waals surface area contributed by atoms with Crippen LogP contribution in [0.25, 0.3) is 0 Å². The summed E-state index contributed by atoms with van der Waals surface area (Å²) in [7, 11) is -4.18. The number of fused-ring (bicyclic) bond motifs is 1. The molecule has 0 fully saturated rings. The third-order valence-electron chi connectivity index (χ3n) is 4.84. The predicted octanol–water partition coefficient (Wildman–Crippen LogP) is 3.29. The number of nitrogens with zero attached hydrogens (tertiary/aromatic N) is 3. The van der Waals surface area contributed by atoms with E-state index in [0.29, 0.717) is 24.4 Å². The van der Waals surface area contributed by atoms with Crippen molar-refractivity contribution in [3.8, 4) is 11.9 Å². The maximum atomic E-state index is 12.8. The first-order chi connectivity index (χ1) is 14.1. The second-order valence-electron chi connectivity index (χ2n) is 7.75. The van der Waals surface area contributed by atoms with Crippen LogP contribution in [0.1, 0.15) is 62.6 Å². The smallest absolute Gasteiger partial charge is 0.333 e. The van der Waals surface area contributed by atoms with Crippen LogP contribution in [-0.4, -0.2) is 30.8 Å². The molecule has 30 heavy (non-hydrogen) atoms. The van der Waals surface area contributed by atoms with Gasteiger partial charge in [-0.15, -0.1) is 0 Å². The van der Waals surface area contributed by atoms with Crippen molar-refractivity contribution in [2.45, 2.75) is 57.4 Å². The number of carbonyl (C=O) groups excluding carboxylic acids is 1. The minimum absolute atomic E-state index is 0.0128. The minimum Gasteiger partial charge on any atom is -0.477 e. The van der Waals surface area contributed by atoms with Gasteiger partial charge in [-0.1, -0.05) is 27.7 Å². The summed E-state index contributed by atoms with van der Waals surface area (Å²) in [5, 5.41) is 16.0. The van der Waals surface area contributed by atoms with E-state index in [9.17, 15) is 18.5 Å². The standard InChI is InChI=1S/C20H25N5O4S/c1-12(2)15-8-14(10-21)9-16(13(3)4)18(15)23-20(26)24-30(27,28)17-11-22-25-6-5-7-29-19(17)25/h8-9,11-13H,5-7H2,1-4H3,(H2,23,24,26). The Morgan fingerprint density at radius 1 is 1.23 bits per heavy atom. The van der Waals surface area contributed by atoms with E-state index in [1.807, 2.05) is 32.4 Å². The first-order valence-electron chi connectivity index (χ1n) is 9.74. The predicted molar refractivity (Wildman–Crippen MR) is 111 cm³/mol. The van der Waals surface area contributed by atoms with Crippen LogP contribution >= 0.6 is 0 Å². The molecule has 0 saturated heterocycles. The monoisotopic (exact) mass is 431 g/mol. The molecule has 10 heteroatoms. The summed E-state index contributed by atoms with van der Waals surface area (Å²) in [6.07, 6.45) is 1.91. The lowest BCUT2D eigenvalue weighted by molar-refractivity contribution is 0.224. The van der Waals surface area contributed by atoms with Gasteiger partial charge < -0.3 is 10.1 Å². The van der Waals surface area contributed by atoms with Gasteiger partial charge >= 0.3 is 6.03 Å². The van der Waals surface area contributed by atoms with E-state index in [2.05, 4.69) is 16.5 Å². The molecule has 0 bridgehead atoms. The number of carbonyl (C=O) groups is 1. The molecule has 1 aliphatic rings. The molecule has 0 spiro atoms. The highest BCUT2D eigenvalue weighted by Gasteiger charge is 2.29. The summed E-state index contributed by atoms with van der Waals surface area (Å²) in [4.78, 5) is 12.5. The summed E-state index contributed by atoms with van der Waals surface area (Å²) < 4.78 is 34.4. The number of anilines is 1. The number of hydrogen-bond acceptors (Lipinski definition) is 6. The topological polar surface area (TPSA) is 126 Å². The van der Waals surface area contributed by atoms with Crippen LogP contribution in [0.2, 0.25) is 0 Å². The fourth-order valence-corrected chi connectivity index (χ4v) is 4.34. The number of rotatable bonds is 5. The Labute approximate surface area is 176 Å². The molecule has 0 unspecified atom stereocenters. The highest BCUT2D eigenvalue weighted by Crippen LogP contribution is 2.34. The van der Waals surface area contributed by atoms with Crippen molar-refractivity contribution in [2.75, 3.05) is 11.9 Å². The second kappa shape index (κ2) is 8.36. The number of urea groups is 1. The third-order valence-corrected chi connectivity index (χ3v) is 6.15. The number of nitrogens with one attached hydrogen (secondary N) is 2. The van der Waals surface area contributed by atoms with Crippen LogP contribution in [0.5, 0.6) is 5.88 Å². The number of sulfonamides is 1. The SMILES string of the molecule is CC(C)c1cc(C#N)cc(C(C)C)c1NC(=O)NS(=O)(=O)c1cnn2c1OCCC2. The van der Waals surface area contributed by atoms with Crippen molar-refractivity contribution in [2.24, 2.45) is 0 Å². The minimum atomic E-state index is -4.18. The Bertz CT molecular complexity index is 1080. The molecule has 1 aliphatic heterocycles. The van der Waals surface area contributed by atoms with Gasteiger partial charge in [-0.25, -0.2) is 22.6 Å². The Hall–Kier alpha value is -3.06. The molecule has 0 atom stereocenters. The van der Waals surface area contributed by atoms with E-state index in [0.717, 1.165) is 17.5 Å². The van der Waals surface area contributed by atoms with Gasteiger partial charge in [0.25, 0.3) is 10.0 Å². The zero-order chi connectivity index (χ0) is 22.1. The fraction of sp³-hybridized carbons (Fsp3) is 0.450. The van der Waals surface area contributed by atoms with Crippen molar-refractivity contribution >= 4 is 21.7 Å². The Morgan fingerprint density at radius 3 is 2.43 bits per heavy atom. The van der Waals surface area contributed by atoms with Crippen LogP contribution < -0.4 is 14.8 Å². The maximum absolute atomic E-state index is 12.8. The van der Waals surface area contributed by atoms with Gasteiger partial charge in [0, 0.05) is 18.7 Å². The molecule has 2 aromatic rings. The van der Waals surface area contributed by atoms with Crippen molar-refractivity contribution in [1.29, 1.82) is 5.26 Å². The summed E-state index contributed by atoms with van der Waals surface area (Å²) >= 11 is 0. The molecule has 160 valence electrons. The van der Waals surface area contributed by atoms with Crippen molar-refractivity contribution in [3.63, 3.8) is 0 Å². The lowest BCUT2D eigenvalue weighted by Gasteiger charge is -2.21. The molecular weight excluding hydrogens is 406 g/mol. The Kier molecular flexibility index (Phi) is 6.03. The van der Waals surface area contributed by atoms with Crippen LogP contribution in [0, 0.1) is 11.3 Å². The second-order valence-corrected chi connectivity index (χ2v) is 9.40. The number of hydrogen-bond donors (Lipinski definition) is 2. The number of benzene rings is 1. The molecule has 0 saturated carbocycles. The average molecular weight is 432 g/mol. The lowest BCUT2D eigenvalue weighted by Crippen LogP contribution is -2.35. The van der Waals surface area contributed by atoms with Crippen LogP contribution in [0.4, 0.5) is 10.5 Å². The average Bonchev–Trinajstić information content (AvgIpc) is 3.12. The molecular formula is C20H25N5O4S. The van der Waals surface area contributed by atoms with E-state index >= 15 is 0 Å². The van der Waals surface area contributed by atoms with Crippen LogP contribution in [0.15, 0.2) is 23.2 Å². The molecule has 1 aromatic heterocycles. The summed E-state index contributed by atoms with van der Waals surface area (Å²) in [6.45, 7) is 8.71. The lowest BCUT2D eigenvalue weighted by atomic mass is 9.90. The molecule has 9 nitrogen and oxygen atoms in total. The molecule has 0 radical (unpaired) electrons. The maximum Gasteiger partial charge on any atom is 0.333 e. The first-order valence-corrected chi connectivity index (χ1v) is 11.2. The van der Waals surface area contributed by atoms with Crippen molar-refractivity contribution in [1.82, 2.24) is 14.5 Å². The Balaban J connectivity index is 1.91. The van der Waals surface area contributed by atoms with Crippen LogP contribution in [-0.2, 0) is 16.6 Å². The van der Waals surface area contributed by atoms with Gasteiger partial charge in [-0.05, 0) is 35.1 Å². The summed E-state index contributed by atoms with van der Waals surface area (Å²) in [5.41, 5.74) is 2.53. The van der Waals surface area contributed by atoms with Crippen LogP contribution in [0.3, 0.4) is 0 Å². The fourth-order valence-electron chi connectivity index (χ4n) is 3.35. The summed E-state index contributed by atoms with van der Waals surface area (Å²) in [6, 6.07) is 4.67. The quantitative estimate of drug-likeness (QED) is 0.748. The molecule has 2 N–H and O–H groups in total. The zero-order valence-electron chi connectivity index (χ0n) is 17.4. The van der Waals surface area contributed by atoms with Gasteiger partial charge in [-0.3, -0.25) is 0 Å². The first kappa shape index (κ1) is 21.6. The van der Waals surface area contributed by atoms with E-state index in [4.69, 9.17) is 4.74 Å². The highest BCUT2D eigenvalue weighted by molar-refractivity contribution is 7.90. The van der Waals surface area contributed by atoms with E-state index in [1.165, 1.54) is 10.9 Å². The largest absolute Gasteiger partial charge is 0.477 e. The van der Waals surface area contributed by atoms with Gasteiger partial charge in [0.1, 0.15) is 0 Å². The zero-order valence-corrected chi connectivity index (χ0v) is 18.2. The summed E-state index contributed by atoms with van der Waals surface area (Å²) in [5.74, 6) is 0.156.